The molecule has 4 aromatic rings. The molecular weight excluding hydrogens is 418 g/mol. The summed E-state index contributed by atoms with van der Waals surface area (Å²) in [4.78, 5) is 37.1. The normalized spacial score (nSPS) is 11.0. The Morgan fingerprint density at radius 2 is 2.00 bits per heavy atom. The van der Waals surface area contributed by atoms with E-state index in [0.717, 1.165) is 21.8 Å². The van der Waals surface area contributed by atoms with E-state index in [2.05, 4.69) is 20.3 Å². The molecule has 0 unspecified atom stereocenters. The van der Waals surface area contributed by atoms with Crippen molar-refractivity contribution in [2.75, 3.05) is 17.3 Å². The van der Waals surface area contributed by atoms with Gasteiger partial charge in [0.2, 0.25) is 5.91 Å². The number of hydrogen-bond donors (Lipinski definition) is 2. The van der Waals surface area contributed by atoms with Gasteiger partial charge in [0.1, 0.15) is 0 Å². The highest BCUT2D eigenvalue weighted by atomic mass is 32.2. The number of thioether (sulfide) groups is 2. The third-order valence-electron chi connectivity index (χ3n) is 4.40. The highest BCUT2D eigenvalue weighted by Gasteiger charge is 2.17. The lowest BCUT2D eigenvalue weighted by Gasteiger charge is -2.09. The van der Waals surface area contributed by atoms with Crippen molar-refractivity contribution in [1.82, 2.24) is 19.5 Å². The first kappa shape index (κ1) is 20.2. The van der Waals surface area contributed by atoms with Crippen LogP contribution in [0.1, 0.15) is 5.56 Å². The number of H-pyrrole nitrogens is 1. The second-order valence-corrected chi connectivity index (χ2v) is 8.36. The van der Waals surface area contributed by atoms with Crippen molar-refractivity contribution in [3.63, 3.8) is 0 Å². The number of nitrogens with zero attached hydrogens (tertiary/aromatic N) is 3. The maximum Gasteiger partial charge on any atom is 0.278 e. The lowest BCUT2D eigenvalue weighted by atomic mass is 10.2. The summed E-state index contributed by atoms with van der Waals surface area (Å²) in [7, 11) is 0. The summed E-state index contributed by atoms with van der Waals surface area (Å²) in [5.41, 5.74) is 3.09. The van der Waals surface area contributed by atoms with Gasteiger partial charge in [-0.1, -0.05) is 35.5 Å². The number of amides is 1. The maximum atomic E-state index is 12.5. The molecule has 30 heavy (non-hydrogen) atoms. The fourth-order valence-electron chi connectivity index (χ4n) is 2.94. The van der Waals surface area contributed by atoms with Gasteiger partial charge < -0.3 is 10.3 Å². The Morgan fingerprint density at radius 1 is 1.20 bits per heavy atom. The molecule has 2 aromatic heterocycles. The minimum Gasteiger partial charge on any atom is -0.325 e. The van der Waals surface area contributed by atoms with E-state index in [0.29, 0.717) is 10.8 Å². The lowest BCUT2D eigenvalue weighted by molar-refractivity contribution is -0.113. The number of imidazole rings is 1. The number of aromatic nitrogens is 4. The van der Waals surface area contributed by atoms with Crippen molar-refractivity contribution in [3.05, 3.63) is 70.8 Å². The quantitative estimate of drug-likeness (QED) is 0.445. The van der Waals surface area contributed by atoms with Gasteiger partial charge in [0.15, 0.2) is 16.3 Å². The van der Waals surface area contributed by atoms with Crippen LogP contribution in [0.3, 0.4) is 0 Å². The maximum absolute atomic E-state index is 12.5. The van der Waals surface area contributed by atoms with Crippen LogP contribution in [0.15, 0.2) is 69.7 Å². The Kier molecular flexibility index (Phi) is 5.91. The lowest BCUT2D eigenvalue weighted by Crippen LogP contribution is -2.14. The van der Waals surface area contributed by atoms with Gasteiger partial charge in [-0.05, 0) is 43.5 Å². The highest BCUT2D eigenvalue weighted by Crippen LogP contribution is 2.26. The predicted molar refractivity (Wildman–Crippen MR) is 122 cm³/mol. The summed E-state index contributed by atoms with van der Waals surface area (Å²) in [6.07, 6.45) is 3.35. The molecule has 0 aliphatic heterocycles. The molecule has 0 bridgehead atoms. The van der Waals surface area contributed by atoms with Crippen molar-refractivity contribution >= 4 is 46.3 Å². The minimum atomic E-state index is -0.314. The van der Waals surface area contributed by atoms with Crippen LogP contribution in [0.25, 0.3) is 16.9 Å². The number of benzene rings is 2. The molecule has 0 spiro atoms. The molecule has 7 nitrogen and oxygen atoms in total. The third-order valence-corrected chi connectivity index (χ3v) is 6.06. The Balaban J connectivity index is 1.61. The van der Waals surface area contributed by atoms with Crippen LogP contribution in [0, 0.1) is 6.92 Å². The smallest absolute Gasteiger partial charge is 0.278 e. The monoisotopic (exact) mass is 437 g/mol. The highest BCUT2D eigenvalue weighted by molar-refractivity contribution is 7.99. The molecule has 0 aliphatic carbocycles. The summed E-state index contributed by atoms with van der Waals surface area (Å²) in [6.45, 7) is 2.00. The summed E-state index contributed by atoms with van der Waals surface area (Å²) >= 11 is 2.87. The average molecular weight is 438 g/mol. The van der Waals surface area contributed by atoms with Crippen LogP contribution in [0.5, 0.6) is 0 Å². The summed E-state index contributed by atoms with van der Waals surface area (Å²) in [5, 5.41) is 3.44. The fraction of sp³-hybridized carbons (Fsp3) is 0.143. The number of aromatic amines is 1. The van der Waals surface area contributed by atoms with E-state index in [1.54, 1.807) is 16.3 Å². The van der Waals surface area contributed by atoms with Gasteiger partial charge in [0.25, 0.3) is 5.56 Å². The van der Waals surface area contributed by atoms with E-state index in [1.807, 2.05) is 61.7 Å². The first-order chi connectivity index (χ1) is 14.5. The van der Waals surface area contributed by atoms with Crippen LogP contribution in [-0.4, -0.2) is 37.4 Å². The minimum absolute atomic E-state index is 0.149. The van der Waals surface area contributed by atoms with Gasteiger partial charge in [-0.2, -0.15) is 0 Å². The van der Waals surface area contributed by atoms with E-state index in [9.17, 15) is 9.59 Å². The van der Waals surface area contributed by atoms with E-state index in [1.165, 1.54) is 18.1 Å². The molecule has 0 aliphatic rings. The number of nitrogens with one attached hydrogen (secondary N) is 2. The molecule has 2 heterocycles. The molecule has 0 saturated heterocycles. The van der Waals surface area contributed by atoms with Crippen LogP contribution >= 0.6 is 23.5 Å². The zero-order valence-electron chi connectivity index (χ0n) is 16.4. The van der Waals surface area contributed by atoms with E-state index in [-0.39, 0.29) is 22.7 Å². The van der Waals surface area contributed by atoms with Crippen molar-refractivity contribution < 1.29 is 4.79 Å². The molecule has 0 radical (unpaired) electrons. The Hall–Kier alpha value is -3.04. The second-order valence-electron chi connectivity index (χ2n) is 6.54. The predicted octanol–water partition coefficient (Wildman–Crippen LogP) is 3.87. The first-order valence-electron chi connectivity index (χ1n) is 9.15. The summed E-state index contributed by atoms with van der Waals surface area (Å²) < 4.78 is 1.80. The van der Waals surface area contributed by atoms with Gasteiger partial charge in [0, 0.05) is 16.3 Å². The summed E-state index contributed by atoms with van der Waals surface area (Å²) in [6, 6.07) is 15.5. The van der Waals surface area contributed by atoms with Crippen LogP contribution in [0.4, 0.5) is 5.69 Å². The van der Waals surface area contributed by atoms with Crippen molar-refractivity contribution in [1.29, 1.82) is 0 Å². The Labute approximate surface area is 181 Å². The average Bonchev–Trinajstić information content (AvgIpc) is 3.13. The number of anilines is 1. The zero-order chi connectivity index (χ0) is 21.1. The second kappa shape index (κ2) is 8.76. The molecule has 0 saturated carbocycles. The van der Waals surface area contributed by atoms with Crippen molar-refractivity contribution in [2.24, 2.45) is 0 Å². The van der Waals surface area contributed by atoms with Gasteiger partial charge >= 0.3 is 0 Å². The van der Waals surface area contributed by atoms with Crippen molar-refractivity contribution in [3.8, 4) is 5.69 Å². The molecule has 0 fully saturated rings. The van der Waals surface area contributed by atoms with E-state index in [4.69, 9.17) is 0 Å². The third kappa shape index (κ3) is 4.27. The molecule has 9 heteroatoms. The van der Waals surface area contributed by atoms with E-state index < -0.39 is 0 Å². The van der Waals surface area contributed by atoms with Crippen LogP contribution in [0.2, 0.25) is 0 Å². The Bertz CT molecular complexity index is 1260. The molecule has 1 amide bonds. The Morgan fingerprint density at radius 3 is 2.77 bits per heavy atom. The van der Waals surface area contributed by atoms with E-state index >= 15 is 0 Å². The van der Waals surface area contributed by atoms with Crippen LogP contribution in [-0.2, 0) is 4.79 Å². The molecule has 152 valence electrons. The van der Waals surface area contributed by atoms with Crippen molar-refractivity contribution in [2.45, 2.75) is 17.0 Å². The number of carbonyl (C=O) groups is 1. The number of rotatable bonds is 6. The summed E-state index contributed by atoms with van der Waals surface area (Å²) in [5.74, 6) is -0.000951. The van der Waals surface area contributed by atoms with Gasteiger partial charge in [-0.25, -0.2) is 9.97 Å². The van der Waals surface area contributed by atoms with Gasteiger partial charge in [-0.15, -0.1) is 11.8 Å². The van der Waals surface area contributed by atoms with Gasteiger partial charge in [-0.3, -0.25) is 14.2 Å². The molecule has 0 atom stereocenters. The topological polar surface area (TPSA) is 92.7 Å². The number of hydrogen-bond acceptors (Lipinski definition) is 6. The number of aryl methyl sites for hydroxylation is 1. The zero-order valence-corrected chi connectivity index (χ0v) is 18.0. The molecular formula is C21H19N5O2S2. The number of carbonyl (C=O) groups excluding carboxylic acids is 1. The van der Waals surface area contributed by atoms with Gasteiger partial charge in [0.05, 0.1) is 12.1 Å². The molecule has 2 aromatic carbocycles. The SMILES string of the molecule is CSc1cccc(NC(=O)CSc2nc3c(=O)[nH]cnc3n2-c2ccc(C)cc2)c1. The van der Waals surface area contributed by atoms with Crippen LogP contribution < -0.4 is 10.9 Å². The first-order valence-corrected chi connectivity index (χ1v) is 11.4. The largest absolute Gasteiger partial charge is 0.325 e. The molecule has 4 rings (SSSR count). The standard InChI is InChI=1S/C21H19N5O2S2/c1-13-6-8-15(9-7-13)26-19-18(20(28)23-12-22-19)25-21(26)30-11-17(27)24-14-4-3-5-16(10-14)29-2/h3-10,12H,11H2,1-2H3,(H,24,27)(H,22,23,28). The molecule has 2 N–H and O–H groups in total. The number of fused-ring (bicyclic) bond motifs is 1. The fourth-order valence-corrected chi connectivity index (χ4v) is 4.20.